The molecule has 1 saturated heterocycles. The Morgan fingerprint density at radius 3 is 2.57 bits per heavy atom. The van der Waals surface area contributed by atoms with Gasteiger partial charge in [-0.3, -0.25) is 19.8 Å². The summed E-state index contributed by atoms with van der Waals surface area (Å²) in [7, 11) is 0. The number of hydrazine groups is 1. The average Bonchev–Trinajstić information content (AvgIpc) is 2.98. The summed E-state index contributed by atoms with van der Waals surface area (Å²) in [5.74, 6) is -0.665. The summed E-state index contributed by atoms with van der Waals surface area (Å²) in [6, 6.07) is 13.2. The van der Waals surface area contributed by atoms with E-state index < -0.39 is 11.9 Å². The lowest BCUT2D eigenvalue weighted by atomic mass is 10.1. The Morgan fingerprint density at radius 1 is 1.14 bits per heavy atom. The zero-order valence-electron chi connectivity index (χ0n) is 15.9. The molecule has 2 N–H and O–H groups in total. The Labute approximate surface area is 163 Å². The van der Waals surface area contributed by atoms with Crippen LogP contribution in [0.4, 0.5) is 5.69 Å². The van der Waals surface area contributed by atoms with Crippen LogP contribution in [0.2, 0.25) is 0 Å². The van der Waals surface area contributed by atoms with Crippen molar-refractivity contribution in [3.63, 3.8) is 0 Å². The first-order valence-corrected chi connectivity index (χ1v) is 9.22. The summed E-state index contributed by atoms with van der Waals surface area (Å²) in [6.07, 6.45) is 0.764. The smallest absolute Gasteiger partial charge is 0.265 e. The lowest BCUT2D eigenvalue weighted by molar-refractivity contribution is -0.121. The molecule has 7 heteroatoms. The quantitative estimate of drug-likeness (QED) is 0.568. The minimum absolute atomic E-state index is 0.0465. The van der Waals surface area contributed by atoms with E-state index in [4.69, 9.17) is 4.74 Å². The molecule has 7 nitrogen and oxygen atoms in total. The van der Waals surface area contributed by atoms with Gasteiger partial charge >= 0.3 is 0 Å². The Bertz CT molecular complexity index is 879. The number of aryl methyl sites for hydroxylation is 1. The average molecular weight is 381 g/mol. The van der Waals surface area contributed by atoms with E-state index in [9.17, 15) is 14.4 Å². The van der Waals surface area contributed by atoms with Crippen molar-refractivity contribution in [1.82, 2.24) is 10.9 Å². The van der Waals surface area contributed by atoms with E-state index in [2.05, 4.69) is 10.9 Å². The predicted octanol–water partition coefficient (Wildman–Crippen LogP) is 2.35. The van der Waals surface area contributed by atoms with E-state index in [0.29, 0.717) is 23.6 Å². The van der Waals surface area contributed by atoms with Gasteiger partial charge in [-0.1, -0.05) is 36.8 Å². The number of para-hydroxylation sites is 2. The maximum atomic E-state index is 12.8. The highest BCUT2D eigenvalue weighted by Crippen LogP contribution is 2.32. The molecule has 0 spiro atoms. The molecule has 1 fully saturated rings. The van der Waals surface area contributed by atoms with Gasteiger partial charge in [-0.25, -0.2) is 10.3 Å². The van der Waals surface area contributed by atoms with Gasteiger partial charge in [0.25, 0.3) is 11.8 Å². The van der Waals surface area contributed by atoms with Gasteiger partial charge < -0.3 is 4.74 Å². The Balaban J connectivity index is 1.68. The maximum absolute atomic E-state index is 12.8. The van der Waals surface area contributed by atoms with Gasteiger partial charge in [0.05, 0.1) is 18.7 Å². The Kier molecular flexibility index (Phi) is 6.06. The number of rotatable bonds is 7. The van der Waals surface area contributed by atoms with Gasteiger partial charge in [0.1, 0.15) is 11.8 Å². The van der Waals surface area contributed by atoms with Crippen LogP contribution >= 0.6 is 0 Å². The fourth-order valence-electron chi connectivity index (χ4n) is 2.90. The van der Waals surface area contributed by atoms with Crippen LogP contribution in [0.25, 0.3) is 0 Å². The van der Waals surface area contributed by atoms with Crippen molar-refractivity contribution in [2.75, 3.05) is 11.5 Å². The molecule has 146 valence electrons. The van der Waals surface area contributed by atoms with Gasteiger partial charge in [-0.05, 0) is 37.6 Å². The molecule has 3 amide bonds. The highest BCUT2D eigenvalue weighted by atomic mass is 16.5. The lowest BCUT2D eigenvalue weighted by Gasteiger charge is -2.19. The van der Waals surface area contributed by atoms with Gasteiger partial charge in [0, 0.05) is 5.56 Å². The summed E-state index contributed by atoms with van der Waals surface area (Å²) in [4.78, 5) is 38.6. The summed E-state index contributed by atoms with van der Waals surface area (Å²) in [5.41, 5.74) is 7.12. The molecule has 0 saturated carbocycles. The molecular formula is C21H23N3O4. The molecule has 0 aliphatic carbocycles. The molecule has 1 heterocycles. The van der Waals surface area contributed by atoms with Crippen molar-refractivity contribution in [3.8, 4) is 5.75 Å². The van der Waals surface area contributed by atoms with Crippen LogP contribution in [0.15, 0.2) is 48.5 Å². The molecule has 1 aliphatic rings. The van der Waals surface area contributed by atoms with Gasteiger partial charge in [-0.15, -0.1) is 0 Å². The van der Waals surface area contributed by atoms with Crippen LogP contribution < -0.4 is 20.5 Å². The van der Waals surface area contributed by atoms with E-state index in [1.807, 2.05) is 26.0 Å². The molecule has 1 atom stereocenters. The zero-order chi connectivity index (χ0) is 20.1. The van der Waals surface area contributed by atoms with Gasteiger partial charge in [0.2, 0.25) is 5.91 Å². The Hall–Kier alpha value is -3.19. The molecule has 0 bridgehead atoms. The molecule has 3 rings (SSSR count). The summed E-state index contributed by atoms with van der Waals surface area (Å²) in [6.45, 7) is 4.40. The number of nitrogens with zero attached hydrogens (tertiary/aromatic N) is 1. The SMILES string of the molecule is CCCOc1ccccc1N1C(=O)C[C@@H](NNC(=O)c2ccc(C)cc2)C1=O. The number of hydrogen-bond acceptors (Lipinski definition) is 5. The molecule has 2 aromatic rings. The fraction of sp³-hybridized carbons (Fsp3) is 0.286. The summed E-state index contributed by atoms with van der Waals surface area (Å²) < 4.78 is 5.66. The van der Waals surface area contributed by atoms with Crippen LogP contribution in [0.1, 0.15) is 35.7 Å². The maximum Gasteiger partial charge on any atom is 0.265 e. The highest BCUT2D eigenvalue weighted by molar-refractivity contribution is 6.23. The van der Waals surface area contributed by atoms with Crippen LogP contribution in [0, 0.1) is 6.92 Å². The van der Waals surface area contributed by atoms with E-state index in [1.165, 1.54) is 0 Å². The first-order chi connectivity index (χ1) is 13.5. The van der Waals surface area contributed by atoms with Crippen molar-refractivity contribution in [2.24, 2.45) is 0 Å². The predicted molar refractivity (Wildman–Crippen MR) is 105 cm³/mol. The number of carbonyl (C=O) groups excluding carboxylic acids is 3. The molecule has 28 heavy (non-hydrogen) atoms. The number of amides is 3. The number of ether oxygens (including phenoxy) is 1. The number of benzene rings is 2. The highest BCUT2D eigenvalue weighted by Gasteiger charge is 2.40. The molecule has 1 aliphatic heterocycles. The number of anilines is 1. The fourth-order valence-corrected chi connectivity index (χ4v) is 2.90. The van der Waals surface area contributed by atoms with Crippen molar-refractivity contribution in [1.29, 1.82) is 0 Å². The Morgan fingerprint density at radius 2 is 1.86 bits per heavy atom. The van der Waals surface area contributed by atoms with E-state index in [-0.39, 0.29) is 18.2 Å². The van der Waals surface area contributed by atoms with Crippen LogP contribution in [0.5, 0.6) is 5.75 Å². The van der Waals surface area contributed by atoms with Crippen LogP contribution in [-0.4, -0.2) is 30.4 Å². The number of nitrogens with one attached hydrogen (secondary N) is 2. The van der Waals surface area contributed by atoms with Crippen molar-refractivity contribution >= 4 is 23.4 Å². The van der Waals surface area contributed by atoms with Crippen molar-refractivity contribution < 1.29 is 19.1 Å². The van der Waals surface area contributed by atoms with E-state index in [0.717, 1.165) is 16.9 Å². The minimum atomic E-state index is -0.832. The lowest BCUT2D eigenvalue weighted by Crippen LogP contribution is -2.48. The van der Waals surface area contributed by atoms with Crippen molar-refractivity contribution in [2.45, 2.75) is 32.7 Å². The first kappa shape index (κ1) is 19.6. The van der Waals surface area contributed by atoms with Crippen molar-refractivity contribution in [3.05, 3.63) is 59.7 Å². The third-order valence-corrected chi connectivity index (χ3v) is 4.39. The second kappa shape index (κ2) is 8.67. The van der Waals surface area contributed by atoms with Crippen LogP contribution in [-0.2, 0) is 9.59 Å². The molecule has 0 radical (unpaired) electrons. The molecule has 0 unspecified atom stereocenters. The minimum Gasteiger partial charge on any atom is -0.491 e. The van der Waals surface area contributed by atoms with Gasteiger partial charge in [0.15, 0.2) is 0 Å². The second-order valence-corrected chi connectivity index (χ2v) is 6.60. The zero-order valence-corrected chi connectivity index (χ0v) is 15.9. The summed E-state index contributed by atoms with van der Waals surface area (Å²) in [5, 5.41) is 0. The van der Waals surface area contributed by atoms with E-state index >= 15 is 0 Å². The monoisotopic (exact) mass is 381 g/mol. The summed E-state index contributed by atoms with van der Waals surface area (Å²) >= 11 is 0. The number of imide groups is 1. The second-order valence-electron chi connectivity index (χ2n) is 6.60. The third kappa shape index (κ3) is 4.20. The molecule has 0 aromatic heterocycles. The topological polar surface area (TPSA) is 87.7 Å². The normalized spacial score (nSPS) is 16.4. The number of carbonyl (C=O) groups is 3. The van der Waals surface area contributed by atoms with E-state index in [1.54, 1.807) is 36.4 Å². The first-order valence-electron chi connectivity index (χ1n) is 9.22. The van der Waals surface area contributed by atoms with Crippen LogP contribution in [0.3, 0.4) is 0 Å². The number of hydrogen-bond donors (Lipinski definition) is 2. The third-order valence-electron chi connectivity index (χ3n) is 4.39. The standard InChI is InChI=1S/C21H23N3O4/c1-3-12-28-18-7-5-4-6-17(18)24-19(25)13-16(21(24)27)22-23-20(26)15-10-8-14(2)9-11-15/h4-11,16,22H,3,12-13H2,1-2H3,(H,23,26)/t16-/m1/s1. The molecular weight excluding hydrogens is 358 g/mol. The largest absolute Gasteiger partial charge is 0.491 e. The molecule has 2 aromatic carbocycles. The van der Waals surface area contributed by atoms with Gasteiger partial charge in [-0.2, -0.15) is 0 Å².